The summed E-state index contributed by atoms with van der Waals surface area (Å²) in [5, 5.41) is 0. The van der Waals surface area contributed by atoms with Crippen molar-refractivity contribution in [3.8, 4) is 0 Å². The van der Waals surface area contributed by atoms with E-state index in [1.165, 1.54) is 0 Å². The number of nitrogens with zero attached hydrogens (tertiary/aromatic N) is 2. The zero-order valence-corrected chi connectivity index (χ0v) is 16.5. The molecule has 0 aromatic heterocycles. The Hall–Kier alpha value is -1.64. The van der Waals surface area contributed by atoms with Gasteiger partial charge >= 0.3 is 6.09 Å². The molecular formula is C18H28N2O5S. The summed E-state index contributed by atoms with van der Waals surface area (Å²) in [6.07, 6.45) is -0.307. The number of benzene rings is 1. The highest BCUT2D eigenvalue weighted by molar-refractivity contribution is 7.85. The SMILES string of the molecule is CC(C)(C)OC(=O)N1CCN(CCOS(=O)(=O)Cc2ccccc2)CC1. The van der Waals surface area contributed by atoms with Gasteiger partial charge in [0.1, 0.15) is 11.4 Å². The molecule has 1 heterocycles. The first-order chi connectivity index (χ1) is 12.1. The molecule has 0 aliphatic carbocycles. The van der Waals surface area contributed by atoms with E-state index in [4.69, 9.17) is 8.92 Å². The highest BCUT2D eigenvalue weighted by atomic mass is 32.2. The Balaban J connectivity index is 1.69. The molecule has 0 unspecified atom stereocenters. The summed E-state index contributed by atoms with van der Waals surface area (Å²) >= 11 is 0. The summed E-state index contributed by atoms with van der Waals surface area (Å²) in [5.74, 6) is -0.125. The van der Waals surface area contributed by atoms with Gasteiger partial charge in [0.15, 0.2) is 0 Å². The van der Waals surface area contributed by atoms with E-state index in [9.17, 15) is 13.2 Å². The first kappa shape index (κ1) is 20.7. The fraction of sp³-hybridized carbons (Fsp3) is 0.611. The Bertz CT molecular complexity index is 677. The number of rotatable bonds is 6. The number of ether oxygens (including phenoxy) is 1. The molecule has 1 aliphatic rings. The van der Waals surface area contributed by atoms with Crippen LogP contribution in [-0.4, -0.2) is 69.2 Å². The molecule has 1 fully saturated rings. The van der Waals surface area contributed by atoms with Crippen molar-refractivity contribution < 1.29 is 22.1 Å². The maximum absolute atomic E-state index is 12.0. The smallest absolute Gasteiger partial charge is 0.410 e. The van der Waals surface area contributed by atoms with Crippen molar-refractivity contribution >= 4 is 16.2 Å². The predicted octanol–water partition coefficient (Wildman–Crippen LogP) is 2.09. The minimum atomic E-state index is -3.59. The second-order valence-electron chi connectivity index (χ2n) is 7.32. The highest BCUT2D eigenvalue weighted by Crippen LogP contribution is 2.12. The lowest BCUT2D eigenvalue weighted by atomic mass is 10.2. The van der Waals surface area contributed by atoms with Gasteiger partial charge in [-0.25, -0.2) is 4.79 Å². The molecule has 1 aromatic rings. The Kier molecular flexibility index (Phi) is 7.02. The Morgan fingerprint density at radius 2 is 1.69 bits per heavy atom. The normalized spacial score (nSPS) is 16.5. The van der Waals surface area contributed by atoms with Crippen LogP contribution in [0.3, 0.4) is 0 Å². The minimum Gasteiger partial charge on any atom is -0.444 e. The van der Waals surface area contributed by atoms with Crippen molar-refractivity contribution in [3.05, 3.63) is 35.9 Å². The average Bonchev–Trinajstić information content (AvgIpc) is 2.54. The molecule has 0 spiro atoms. The van der Waals surface area contributed by atoms with E-state index in [2.05, 4.69) is 4.90 Å². The first-order valence-electron chi connectivity index (χ1n) is 8.76. The van der Waals surface area contributed by atoms with Crippen molar-refractivity contribution in [2.24, 2.45) is 0 Å². The van der Waals surface area contributed by atoms with Crippen molar-refractivity contribution in [3.63, 3.8) is 0 Å². The Morgan fingerprint density at radius 3 is 2.27 bits per heavy atom. The van der Waals surface area contributed by atoms with Crippen LogP contribution in [0.5, 0.6) is 0 Å². The van der Waals surface area contributed by atoms with Gasteiger partial charge in [-0.2, -0.15) is 8.42 Å². The molecule has 146 valence electrons. The van der Waals surface area contributed by atoms with Gasteiger partial charge in [-0.3, -0.25) is 9.08 Å². The molecule has 0 bridgehead atoms. The van der Waals surface area contributed by atoms with Crippen LogP contribution in [0.15, 0.2) is 30.3 Å². The van der Waals surface area contributed by atoms with Gasteiger partial charge in [0.2, 0.25) is 0 Å². The van der Waals surface area contributed by atoms with Gasteiger partial charge in [-0.15, -0.1) is 0 Å². The minimum absolute atomic E-state index is 0.113. The number of hydrogen-bond donors (Lipinski definition) is 0. The number of carbonyl (C=O) groups excluding carboxylic acids is 1. The molecule has 0 N–H and O–H groups in total. The van der Waals surface area contributed by atoms with Crippen LogP contribution >= 0.6 is 0 Å². The van der Waals surface area contributed by atoms with Crippen LogP contribution in [0.4, 0.5) is 4.79 Å². The number of carbonyl (C=O) groups is 1. The van der Waals surface area contributed by atoms with E-state index >= 15 is 0 Å². The maximum Gasteiger partial charge on any atom is 0.410 e. The van der Waals surface area contributed by atoms with E-state index in [1.54, 1.807) is 29.2 Å². The van der Waals surface area contributed by atoms with Gasteiger partial charge in [0.25, 0.3) is 10.1 Å². The van der Waals surface area contributed by atoms with Crippen molar-refractivity contribution in [1.82, 2.24) is 9.80 Å². The molecule has 0 atom stereocenters. The van der Waals surface area contributed by atoms with E-state index in [0.29, 0.717) is 38.3 Å². The molecule has 1 aliphatic heterocycles. The Labute approximate surface area is 156 Å². The molecule has 7 nitrogen and oxygen atoms in total. The highest BCUT2D eigenvalue weighted by Gasteiger charge is 2.25. The average molecular weight is 384 g/mol. The van der Waals surface area contributed by atoms with Gasteiger partial charge < -0.3 is 9.64 Å². The third-order valence-electron chi connectivity index (χ3n) is 3.88. The summed E-state index contributed by atoms with van der Waals surface area (Å²) in [7, 11) is -3.59. The number of hydrogen-bond acceptors (Lipinski definition) is 6. The molecule has 26 heavy (non-hydrogen) atoms. The second-order valence-corrected chi connectivity index (χ2v) is 8.96. The molecule has 2 rings (SSSR count). The second kappa shape index (κ2) is 8.83. The lowest BCUT2D eigenvalue weighted by molar-refractivity contribution is 0.0138. The van der Waals surface area contributed by atoms with Crippen molar-refractivity contribution in [1.29, 1.82) is 0 Å². The van der Waals surface area contributed by atoms with Crippen LogP contribution in [0, 0.1) is 0 Å². The van der Waals surface area contributed by atoms with E-state index in [-0.39, 0.29) is 18.5 Å². The largest absolute Gasteiger partial charge is 0.444 e. The van der Waals surface area contributed by atoms with E-state index in [1.807, 2.05) is 26.8 Å². The summed E-state index contributed by atoms with van der Waals surface area (Å²) in [4.78, 5) is 15.8. The van der Waals surface area contributed by atoms with Crippen LogP contribution < -0.4 is 0 Å². The van der Waals surface area contributed by atoms with Crippen LogP contribution in [0.25, 0.3) is 0 Å². The number of piperazine rings is 1. The zero-order valence-electron chi connectivity index (χ0n) is 15.7. The summed E-state index contributed by atoms with van der Waals surface area (Å²) in [5.41, 5.74) is 0.202. The lowest BCUT2D eigenvalue weighted by Gasteiger charge is -2.35. The molecular weight excluding hydrogens is 356 g/mol. The van der Waals surface area contributed by atoms with E-state index < -0.39 is 15.7 Å². The molecule has 0 saturated carbocycles. The van der Waals surface area contributed by atoms with Crippen LogP contribution in [0.1, 0.15) is 26.3 Å². The topological polar surface area (TPSA) is 76.2 Å². The van der Waals surface area contributed by atoms with Crippen molar-refractivity contribution in [2.45, 2.75) is 32.1 Å². The predicted molar refractivity (Wildman–Crippen MR) is 99.3 cm³/mol. The molecule has 1 saturated heterocycles. The quantitative estimate of drug-likeness (QED) is 0.699. The zero-order chi connectivity index (χ0) is 19.2. The third-order valence-corrected chi connectivity index (χ3v) is 5.09. The summed E-state index contributed by atoms with van der Waals surface area (Å²) < 4.78 is 34.5. The molecule has 0 radical (unpaired) electrons. The standard InChI is InChI=1S/C18H28N2O5S/c1-18(2,3)25-17(21)20-11-9-19(10-12-20)13-14-24-26(22,23)15-16-7-5-4-6-8-16/h4-8H,9-15H2,1-3H3. The van der Waals surface area contributed by atoms with E-state index in [0.717, 1.165) is 0 Å². The molecule has 8 heteroatoms. The fourth-order valence-corrected chi connectivity index (χ4v) is 3.61. The number of amides is 1. The van der Waals surface area contributed by atoms with Gasteiger partial charge in [-0.05, 0) is 26.3 Å². The van der Waals surface area contributed by atoms with Gasteiger partial charge in [0, 0.05) is 32.7 Å². The Morgan fingerprint density at radius 1 is 1.08 bits per heavy atom. The molecule has 1 amide bonds. The monoisotopic (exact) mass is 384 g/mol. The summed E-state index contributed by atoms with van der Waals surface area (Å²) in [6.45, 7) is 8.61. The maximum atomic E-state index is 12.0. The lowest BCUT2D eigenvalue weighted by Crippen LogP contribution is -2.50. The van der Waals surface area contributed by atoms with Gasteiger partial charge in [0.05, 0.1) is 6.61 Å². The van der Waals surface area contributed by atoms with Crippen LogP contribution in [-0.2, 0) is 24.8 Å². The first-order valence-corrected chi connectivity index (χ1v) is 10.3. The fourth-order valence-electron chi connectivity index (χ4n) is 2.59. The third kappa shape index (κ3) is 7.31. The van der Waals surface area contributed by atoms with Crippen molar-refractivity contribution in [2.75, 3.05) is 39.3 Å². The molecule has 1 aromatic carbocycles. The summed E-state index contributed by atoms with van der Waals surface area (Å²) in [6, 6.07) is 8.96. The van der Waals surface area contributed by atoms with Gasteiger partial charge in [-0.1, -0.05) is 30.3 Å². The van der Waals surface area contributed by atoms with Crippen LogP contribution in [0.2, 0.25) is 0 Å².